The first-order chi connectivity index (χ1) is 9.21. The second-order valence-electron chi connectivity index (χ2n) is 5.82. The van der Waals surface area contributed by atoms with E-state index in [1.165, 1.54) is 4.90 Å². The number of rotatable bonds is 4. The molecule has 5 heteroatoms. The number of nitrogens with zero attached hydrogens (tertiary/aromatic N) is 1. The van der Waals surface area contributed by atoms with Crippen LogP contribution in [-0.4, -0.2) is 34.5 Å². The maximum atomic E-state index is 12.7. The maximum Gasteiger partial charge on any atom is 0.329 e. The Kier molecular flexibility index (Phi) is 3.67. The van der Waals surface area contributed by atoms with E-state index in [9.17, 15) is 14.7 Å². The highest BCUT2D eigenvalue weighted by Gasteiger charge is 2.55. The number of amides is 1. The van der Waals surface area contributed by atoms with Crippen LogP contribution < -0.4 is 0 Å². The Labute approximate surface area is 126 Å². The van der Waals surface area contributed by atoms with Crippen molar-refractivity contribution in [1.29, 1.82) is 0 Å². The van der Waals surface area contributed by atoms with Gasteiger partial charge in [0.15, 0.2) is 0 Å². The van der Waals surface area contributed by atoms with E-state index in [2.05, 4.69) is 15.9 Å². The molecular formula is C15H18BrNO3. The van der Waals surface area contributed by atoms with Crippen molar-refractivity contribution in [2.24, 2.45) is 0 Å². The van der Waals surface area contributed by atoms with Crippen LogP contribution in [0.15, 0.2) is 28.7 Å². The quantitative estimate of drug-likeness (QED) is 0.917. The summed E-state index contributed by atoms with van der Waals surface area (Å²) in [6.45, 7) is 3.09. The van der Waals surface area contributed by atoms with E-state index in [1.807, 2.05) is 24.3 Å². The van der Waals surface area contributed by atoms with Crippen LogP contribution in [0.3, 0.4) is 0 Å². The van der Waals surface area contributed by atoms with Gasteiger partial charge in [-0.05, 0) is 44.4 Å². The molecule has 0 saturated heterocycles. The van der Waals surface area contributed by atoms with Crippen molar-refractivity contribution in [1.82, 2.24) is 4.90 Å². The minimum absolute atomic E-state index is 0.118. The second kappa shape index (κ2) is 4.88. The summed E-state index contributed by atoms with van der Waals surface area (Å²) in [5, 5.41) is 9.25. The van der Waals surface area contributed by atoms with Gasteiger partial charge in [0.2, 0.25) is 5.91 Å². The molecule has 0 unspecified atom stereocenters. The first kappa shape index (κ1) is 15.0. The summed E-state index contributed by atoms with van der Waals surface area (Å²) in [6, 6.07) is 7.67. The van der Waals surface area contributed by atoms with Crippen molar-refractivity contribution < 1.29 is 14.7 Å². The molecule has 1 aliphatic carbocycles. The van der Waals surface area contributed by atoms with E-state index in [4.69, 9.17) is 0 Å². The zero-order chi connectivity index (χ0) is 15.1. The molecule has 108 valence electrons. The molecule has 20 heavy (non-hydrogen) atoms. The molecule has 1 N–H and O–H groups in total. The number of carboxylic acid groups (broad SMARTS) is 1. The Morgan fingerprint density at radius 3 is 2.15 bits per heavy atom. The number of hydrogen-bond acceptors (Lipinski definition) is 2. The summed E-state index contributed by atoms with van der Waals surface area (Å²) >= 11 is 3.38. The lowest BCUT2D eigenvalue weighted by atomic mass is 9.92. The molecule has 0 aliphatic heterocycles. The molecule has 0 bridgehead atoms. The zero-order valence-electron chi connectivity index (χ0n) is 11.8. The first-order valence-corrected chi connectivity index (χ1v) is 7.29. The molecule has 1 aromatic rings. The van der Waals surface area contributed by atoms with Gasteiger partial charge in [0.05, 0.1) is 5.41 Å². The van der Waals surface area contributed by atoms with E-state index in [-0.39, 0.29) is 5.91 Å². The first-order valence-electron chi connectivity index (χ1n) is 6.49. The third-order valence-electron chi connectivity index (χ3n) is 4.22. The number of carbonyl (C=O) groups excluding carboxylic acids is 1. The highest BCUT2D eigenvalue weighted by molar-refractivity contribution is 9.10. The molecule has 0 spiro atoms. The number of carbonyl (C=O) groups is 2. The highest BCUT2D eigenvalue weighted by Crippen LogP contribution is 2.50. The average molecular weight is 340 g/mol. The summed E-state index contributed by atoms with van der Waals surface area (Å²) in [6.07, 6.45) is 1.54. The Bertz CT molecular complexity index is 547. The molecule has 2 rings (SSSR count). The van der Waals surface area contributed by atoms with Gasteiger partial charge in [-0.3, -0.25) is 4.79 Å². The van der Waals surface area contributed by atoms with Gasteiger partial charge in [-0.2, -0.15) is 0 Å². The minimum Gasteiger partial charge on any atom is -0.480 e. The van der Waals surface area contributed by atoms with Gasteiger partial charge in [-0.1, -0.05) is 28.1 Å². The van der Waals surface area contributed by atoms with Crippen molar-refractivity contribution in [3.8, 4) is 0 Å². The standard InChI is InChI=1S/C15H18BrNO3/c1-14(2,13(19)20)17(3)12(18)15(8-9-15)10-4-6-11(16)7-5-10/h4-7H,8-9H2,1-3H3,(H,19,20). The van der Waals surface area contributed by atoms with Gasteiger partial charge in [0.1, 0.15) is 5.54 Å². The number of carboxylic acids is 1. The summed E-state index contributed by atoms with van der Waals surface area (Å²) in [5.74, 6) is -1.12. The van der Waals surface area contributed by atoms with Gasteiger partial charge in [0, 0.05) is 11.5 Å². The Morgan fingerprint density at radius 2 is 1.75 bits per heavy atom. The van der Waals surface area contributed by atoms with E-state index >= 15 is 0 Å². The van der Waals surface area contributed by atoms with E-state index in [0.29, 0.717) is 0 Å². The summed E-state index contributed by atoms with van der Waals surface area (Å²) in [7, 11) is 1.56. The van der Waals surface area contributed by atoms with Crippen LogP contribution in [0.5, 0.6) is 0 Å². The predicted octanol–water partition coefficient (Wildman–Crippen LogP) is 2.80. The molecule has 1 amide bonds. The van der Waals surface area contributed by atoms with Gasteiger partial charge in [-0.15, -0.1) is 0 Å². The van der Waals surface area contributed by atoms with Crippen molar-refractivity contribution in [3.63, 3.8) is 0 Å². The molecule has 0 heterocycles. The number of halogens is 1. The Balaban J connectivity index is 2.29. The lowest BCUT2D eigenvalue weighted by Crippen LogP contribution is -2.53. The fourth-order valence-corrected chi connectivity index (χ4v) is 2.50. The monoisotopic (exact) mass is 339 g/mol. The fraction of sp³-hybridized carbons (Fsp3) is 0.467. The third-order valence-corrected chi connectivity index (χ3v) is 4.75. The van der Waals surface area contributed by atoms with Gasteiger partial charge < -0.3 is 10.0 Å². The summed E-state index contributed by atoms with van der Waals surface area (Å²) in [4.78, 5) is 25.4. The molecule has 4 nitrogen and oxygen atoms in total. The van der Waals surface area contributed by atoms with Crippen molar-refractivity contribution in [2.45, 2.75) is 37.6 Å². The smallest absolute Gasteiger partial charge is 0.329 e. The largest absolute Gasteiger partial charge is 0.480 e. The van der Waals surface area contributed by atoms with Crippen molar-refractivity contribution in [3.05, 3.63) is 34.3 Å². The lowest BCUT2D eigenvalue weighted by Gasteiger charge is -2.34. The minimum atomic E-state index is -1.21. The van der Waals surface area contributed by atoms with Crippen molar-refractivity contribution >= 4 is 27.8 Å². The molecule has 1 aromatic carbocycles. The third kappa shape index (κ3) is 2.35. The number of benzene rings is 1. The summed E-state index contributed by atoms with van der Waals surface area (Å²) < 4.78 is 0.962. The SMILES string of the molecule is CN(C(=O)C1(c2ccc(Br)cc2)CC1)C(C)(C)C(=O)O. The molecule has 0 aromatic heterocycles. The van der Waals surface area contributed by atoms with E-state index in [1.54, 1.807) is 20.9 Å². The van der Waals surface area contributed by atoms with Crippen molar-refractivity contribution in [2.75, 3.05) is 7.05 Å². The second-order valence-corrected chi connectivity index (χ2v) is 6.73. The predicted molar refractivity (Wildman–Crippen MR) is 79.5 cm³/mol. The lowest BCUT2D eigenvalue weighted by molar-refractivity contribution is -0.156. The molecule has 0 atom stereocenters. The van der Waals surface area contributed by atoms with Crippen LogP contribution in [0.2, 0.25) is 0 Å². The zero-order valence-corrected chi connectivity index (χ0v) is 13.4. The molecule has 1 aliphatic rings. The highest BCUT2D eigenvalue weighted by atomic mass is 79.9. The van der Waals surface area contributed by atoms with Crippen LogP contribution in [0.1, 0.15) is 32.3 Å². The van der Waals surface area contributed by atoms with E-state index < -0.39 is 16.9 Å². The van der Waals surface area contributed by atoms with Crippen LogP contribution in [-0.2, 0) is 15.0 Å². The number of hydrogen-bond donors (Lipinski definition) is 1. The van der Waals surface area contributed by atoms with Crippen LogP contribution in [0.25, 0.3) is 0 Å². The average Bonchev–Trinajstić information content (AvgIpc) is 3.19. The molecule has 0 radical (unpaired) electrons. The van der Waals surface area contributed by atoms with Gasteiger partial charge in [-0.25, -0.2) is 4.79 Å². The maximum absolute atomic E-state index is 12.7. The normalized spacial score (nSPS) is 16.6. The number of aliphatic carboxylic acids is 1. The van der Waals surface area contributed by atoms with Crippen LogP contribution in [0, 0.1) is 0 Å². The van der Waals surface area contributed by atoms with Gasteiger partial charge >= 0.3 is 5.97 Å². The fourth-order valence-electron chi connectivity index (χ4n) is 2.24. The molecular weight excluding hydrogens is 322 g/mol. The molecule has 1 fully saturated rings. The van der Waals surface area contributed by atoms with E-state index in [0.717, 1.165) is 22.9 Å². The topological polar surface area (TPSA) is 57.6 Å². The number of likely N-dealkylation sites (N-methyl/N-ethyl adjacent to an activating group) is 1. The molecule has 1 saturated carbocycles. The van der Waals surface area contributed by atoms with Crippen LogP contribution in [0.4, 0.5) is 0 Å². The Morgan fingerprint density at radius 1 is 1.25 bits per heavy atom. The summed E-state index contributed by atoms with van der Waals surface area (Å²) in [5.41, 5.74) is -0.789. The Hall–Kier alpha value is -1.36. The van der Waals surface area contributed by atoms with Crippen LogP contribution >= 0.6 is 15.9 Å². The van der Waals surface area contributed by atoms with Gasteiger partial charge in [0.25, 0.3) is 0 Å².